The number of nitrogens with zero attached hydrogens (tertiary/aromatic N) is 3. The molecule has 24 heavy (non-hydrogen) atoms. The third-order valence-corrected chi connectivity index (χ3v) is 4.85. The van der Waals surface area contributed by atoms with E-state index in [1.54, 1.807) is 17.1 Å². The molecule has 3 aromatic rings. The standard InChI is InChI=1S/C18H15BrN4O/c19-14-4-2-13(3-5-14)18(8-9-18)17(24)22-15-6-7-16(20-12-15)23-11-1-10-21-23/h1-7,10-12H,8-9H2,(H,22,24). The number of hydrogen-bond donors (Lipinski definition) is 1. The summed E-state index contributed by atoms with van der Waals surface area (Å²) in [5.74, 6) is 0.741. The van der Waals surface area contributed by atoms with Gasteiger partial charge in [-0.1, -0.05) is 28.1 Å². The quantitative estimate of drug-likeness (QED) is 0.748. The van der Waals surface area contributed by atoms with E-state index in [4.69, 9.17) is 0 Å². The van der Waals surface area contributed by atoms with Gasteiger partial charge in [-0.3, -0.25) is 4.79 Å². The van der Waals surface area contributed by atoms with Gasteiger partial charge in [0.2, 0.25) is 5.91 Å². The van der Waals surface area contributed by atoms with Crippen LogP contribution in [0, 0.1) is 0 Å². The molecule has 1 aliphatic rings. The highest BCUT2D eigenvalue weighted by atomic mass is 79.9. The van der Waals surface area contributed by atoms with Crippen molar-refractivity contribution in [1.82, 2.24) is 14.8 Å². The van der Waals surface area contributed by atoms with Crippen molar-refractivity contribution >= 4 is 27.5 Å². The molecule has 0 unspecified atom stereocenters. The first kappa shape index (κ1) is 15.1. The highest BCUT2D eigenvalue weighted by molar-refractivity contribution is 9.10. The van der Waals surface area contributed by atoms with Crippen molar-refractivity contribution in [3.05, 3.63) is 71.1 Å². The zero-order valence-electron chi connectivity index (χ0n) is 12.8. The maximum Gasteiger partial charge on any atom is 0.235 e. The molecule has 0 aliphatic heterocycles. The van der Waals surface area contributed by atoms with Crippen molar-refractivity contribution in [2.45, 2.75) is 18.3 Å². The van der Waals surface area contributed by atoms with Crippen LogP contribution in [0.1, 0.15) is 18.4 Å². The Kier molecular flexibility index (Phi) is 3.69. The Morgan fingerprint density at radius 1 is 1.17 bits per heavy atom. The van der Waals surface area contributed by atoms with Crippen LogP contribution in [-0.4, -0.2) is 20.7 Å². The van der Waals surface area contributed by atoms with E-state index in [2.05, 4.69) is 31.3 Å². The lowest BCUT2D eigenvalue weighted by Crippen LogP contribution is -2.27. The molecule has 120 valence electrons. The summed E-state index contributed by atoms with van der Waals surface area (Å²) < 4.78 is 2.69. The number of nitrogens with one attached hydrogen (secondary N) is 1. The second-order valence-electron chi connectivity index (χ2n) is 5.90. The number of pyridine rings is 1. The van der Waals surface area contributed by atoms with E-state index in [0.29, 0.717) is 11.5 Å². The predicted octanol–water partition coefficient (Wildman–Crippen LogP) is 3.70. The summed E-state index contributed by atoms with van der Waals surface area (Å²) in [6.45, 7) is 0. The zero-order valence-corrected chi connectivity index (χ0v) is 14.4. The summed E-state index contributed by atoms with van der Waals surface area (Å²) in [5.41, 5.74) is 1.35. The lowest BCUT2D eigenvalue weighted by atomic mass is 9.95. The first-order valence-corrected chi connectivity index (χ1v) is 8.50. The molecular formula is C18H15BrN4O. The van der Waals surface area contributed by atoms with Crippen LogP contribution in [0.15, 0.2) is 65.5 Å². The molecule has 0 spiro atoms. The van der Waals surface area contributed by atoms with E-state index in [1.807, 2.05) is 48.7 Å². The van der Waals surface area contributed by atoms with Gasteiger partial charge in [0.15, 0.2) is 5.82 Å². The zero-order chi connectivity index (χ0) is 16.6. The average molecular weight is 383 g/mol. The van der Waals surface area contributed by atoms with Crippen LogP contribution in [0.2, 0.25) is 0 Å². The Balaban J connectivity index is 1.51. The molecule has 1 amide bonds. The molecule has 2 heterocycles. The number of aromatic nitrogens is 3. The second kappa shape index (κ2) is 5.87. The molecule has 1 aliphatic carbocycles. The van der Waals surface area contributed by atoms with Gasteiger partial charge in [0.1, 0.15) is 0 Å². The number of hydrogen-bond acceptors (Lipinski definition) is 3. The molecule has 1 N–H and O–H groups in total. The molecule has 0 bridgehead atoms. The summed E-state index contributed by atoms with van der Waals surface area (Å²) in [5, 5.41) is 7.12. The SMILES string of the molecule is O=C(Nc1ccc(-n2cccn2)nc1)C1(c2ccc(Br)cc2)CC1. The minimum absolute atomic E-state index is 0.0264. The first-order valence-electron chi connectivity index (χ1n) is 7.71. The molecule has 5 nitrogen and oxygen atoms in total. The van der Waals surface area contributed by atoms with Crippen molar-refractivity contribution < 1.29 is 4.79 Å². The van der Waals surface area contributed by atoms with Crippen LogP contribution in [0.3, 0.4) is 0 Å². The Labute approximate surface area is 147 Å². The Bertz CT molecular complexity index is 853. The molecular weight excluding hydrogens is 368 g/mol. The molecule has 6 heteroatoms. The number of carbonyl (C=O) groups is 1. The van der Waals surface area contributed by atoms with Gasteiger partial charge in [-0.15, -0.1) is 0 Å². The van der Waals surface area contributed by atoms with E-state index < -0.39 is 5.41 Å². The van der Waals surface area contributed by atoms with Gasteiger partial charge < -0.3 is 5.32 Å². The molecule has 1 aromatic carbocycles. The minimum atomic E-state index is -0.401. The van der Waals surface area contributed by atoms with Crippen LogP contribution in [0.4, 0.5) is 5.69 Å². The number of rotatable bonds is 4. The van der Waals surface area contributed by atoms with Crippen molar-refractivity contribution in [3.8, 4) is 5.82 Å². The summed E-state index contributed by atoms with van der Waals surface area (Å²) in [7, 11) is 0. The van der Waals surface area contributed by atoms with E-state index >= 15 is 0 Å². The Morgan fingerprint density at radius 2 is 1.96 bits per heavy atom. The van der Waals surface area contributed by atoms with Crippen LogP contribution in [-0.2, 0) is 10.2 Å². The van der Waals surface area contributed by atoms with Gasteiger partial charge in [0.25, 0.3) is 0 Å². The summed E-state index contributed by atoms with van der Waals surface area (Å²) in [6, 6.07) is 13.5. The molecule has 0 saturated heterocycles. The van der Waals surface area contributed by atoms with Gasteiger partial charge in [-0.05, 0) is 48.7 Å². The van der Waals surface area contributed by atoms with Gasteiger partial charge in [0, 0.05) is 16.9 Å². The van der Waals surface area contributed by atoms with Crippen molar-refractivity contribution in [1.29, 1.82) is 0 Å². The molecule has 1 saturated carbocycles. The first-order chi connectivity index (χ1) is 11.7. The Morgan fingerprint density at radius 3 is 2.54 bits per heavy atom. The maximum absolute atomic E-state index is 12.7. The van der Waals surface area contributed by atoms with E-state index in [-0.39, 0.29) is 5.91 Å². The van der Waals surface area contributed by atoms with E-state index in [1.165, 1.54) is 0 Å². The van der Waals surface area contributed by atoms with Gasteiger partial charge in [-0.25, -0.2) is 9.67 Å². The van der Waals surface area contributed by atoms with Gasteiger partial charge >= 0.3 is 0 Å². The van der Waals surface area contributed by atoms with Crippen LogP contribution >= 0.6 is 15.9 Å². The lowest BCUT2D eigenvalue weighted by Gasteiger charge is -2.16. The highest BCUT2D eigenvalue weighted by Gasteiger charge is 2.51. The fraction of sp³-hybridized carbons (Fsp3) is 0.167. The predicted molar refractivity (Wildman–Crippen MR) is 95.0 cm³/mol. The van der Waals surface area contributed by atoms with Gasteiger partial charge in [-0.2, -0.15) is 5.10 Å². The molecule has 1 fully saturated rings. The largest absolute Gasteiger partial charge is 0.324 e. The van der Waals surface area contributed by atoms with Gasteiger partial charge in [0.05, 0.1) is 17.3 Å². The minimum Gasteiger partial charge on any atom is -0.324 e. The smallest absolute Gasteiger partial charge is 0.235 e. The summed E-state index contributed by atoms with van der Waals surface area (Å²) in [6.07, 6.45) is 6.94. The van der Waals surface area contributed by atoms with Crippen LogP contribution in [0.5, 0.6) is 0 Å². The molecule has 0 atom stereocenters. The molecule has 2 aromatic heterocycles. The number of anilines is 1. The molecule has 0 radical (unpaired) electrons. The number of carbonyl (C=O) groups excluding carboxylic acids is 1. The summed E-state index contributed by atoms with van der Waals surface area (Å²) in [4.78, 5) is 17.1. The Hall–Kier alpha value is -2.47. The second-order valence-corrected chi connectivity index (χ2v) is 6.81. The monoisotopic (exact) mass is 382 g/mol. The number of benzene rings is 1. The van der Waals surface area contributed by atoms with Crippen molar-refractivity contribution in [3.63, 3.8) is 0 Å². The fourth-order valence-electron chi connectivity index (χ4n) is 2.79. The fourth-order valence-corrected chi connectivity index (χ4v) is 3.06. The number of amides is 1. The van der Waals surface area contributed by atoms with E-state index in [0.717, 1.165) is 22.9 Å². The third-order valence-electron chi connectivity index (χ3n) is 4.33. The normalized spacial score (nSPS) is 15.0. The topological polar surface area (TPSA) is 59.8 Å². The van der Waals surface area contributed by atoms with Crippen molar-refractivity contribution in [2.75, 3.05) is 5.32 Å². The third kappa shape index (κ3) is 2.73. The van der Waals surface area contributed by atoms with E-state index in [9.17, 15) is 4.79 Å². The lowest BCUT2D eigenvalue weighted by molar-refractivity contribution is -0.118. The highest BCUT2D eigenvalue weighted by Crippen LogP contribution is 2.49. The number of halogens is 1. The average Bonchev–Trinajstić information content (AvgIpc) is 3.23. The maximum atomic E-state index is 12.7. The van der Waals surface area contributed by atoms with Crippen molar-refractivity contribution in [2.24, 2.45) is 0 Å². The summed E-state index contributed by atoms with van der Waals surface area (Å²) >= 11 is 3.43. The van der Waals surface area contributed by atoms with Crippen LogP contribution < -0.4 is 5.32 Å². The van der Waals surface area contributed by atoms with Crippen LogP contribution in [0.25, 0.3) is 5.82 Å². The molecule has 4 rings (SSSR count).